The van der Waals surface area contributed by atoms with Crippen LogP contribution in [0.1, 0.15) is 5.56 Å². The van der Waals surface area contributed by atoms with Crippen molar-refractivity contribution in [1.29, 1.82) is 0 Å². The Kier molecular flexibility index (Phi) is 2.57. The first-order valence-electron chi connectivity index (χ1n) is 3.57. The lowest BCUT2D eigenvalue weighted by atomic mass is 10.1. The summed E-state index contributed by atoms with van der Waals surface area (Å²) in [7, 11) is 1.90. The van der Waals surface area contributed by atoms with Gasteiger partial charge in [0.15, 0.2) is 0 Å². The van der Waals surface area contributed by atoms with Gasteiger partial charge in [-0.25, -0.2) is 0 Å². The van der Waals surface area contributed by atoms with Crippen molar-refractivity contribution in [2.24, 2.45) is 0 Å². The Hall–Kier alpha value is -1.42. The molecule has 1 rings (SSSR count). The van der Waals surface area contributed by atoms with Crippen LogP contribution >= 0.6 is 0 Å². The Morgan fingerprint density at radius 2 is 2.00 bits per heavy atom. The van der Waals surface area contributed by atoms with Crippen LogP contribution in [0.5, 0.6) is 0 Å². The lowest BCUT2D eigenvalue weighted by Gasteiger charge is -1.99. The van der Waals surface area contributed by atoms with Crippen molar-refractivity contribution in [3.05, 3.63) is 29.8 Å². The van der Waals surface area contributed by atoms with Crippen LogP contribution in [0.3, 0.4) is 0 Å². The smallest absolute Gasteiger partial charge is 0.0337 e. The summed E-state index contributed by atoms with van der Waals surface area (Å²) in [5, 5.41) is 3.04. The zero-order chi connectivity index (χ0) is 8.10. The van der Waals surface area contributed by atoms with E-state index < -0.39 is 0 Å². The minimum Gasteiger partial charge on any atom is -0.388 e. The second-order valence-corrected chi connectivity index (χ2v) is 2.33. The molecule has 0 radical (unpaired) electrons. The third kappa shape index (κ3) is 2.01. The van der Waals surface area contributed by atoms with Crippen molar-refractivity contribution in [3.8, 4) is 12.3 Å². The normalized spacial score (nSPS) is 8.73. The monoisotopic (exact) mass is 145 g/mol. The number of hydrogen-bond donors (Lipinski definition) is 1. The van der Waals surface area contributed by atoms with Crippen molar-refractivity contribution in [2.45, 2.75) is 6.42 Å². The van der Waals surface area contributed by atoms with Crippen molar-refractivity contribution in [2.75, 3.05) is 12.4 Å². The van der Waals surface area contributed by atoms with E-state index >= 15 is 0 Å². The molecule has 0 atom stereocenters. The van der Waals surface area contributed by atoms with E-state index in [0.29, 0.717) is 6.42 Å². The van der Waals surface area contributed by atoms with Gasteiger partial charge >= 0.3 is 0 Å². The quantitative estimate of drug-likeness (QED) is 0.627. The highest BCUT2D eigenvalue weighted by Crippen LogP contribution is 2.08. The van der Waals surface area contributed by atoms with Gasteiger partial charge in [-0.2, -0.15) is 0 Å². The van der Waals surface area contributed by atoms with Gasteiger partial charge in [-0.1, -0.05) is 12.1 Å². The van der Waals surface area contributed by atoms with Gasteiger partial charge in [-0.15, -0.1) is 12.3 Å². The molecule has 11 heavy (non-hydrogen) atoms. The minimum atomic E-state index is 0.712. The Bertz CT molecular complexity index is 253. The number of anilines is 1. The van der Waals surface area contributed by atoms with Crippen LogP contribution in [-0.2, 0) is 6.42 Å². The maximum absolute atomic E-state index is 5.17. The van der Waals surface area contributed by atoms with Crippen LogP contribution in [0, 0.1) is 12.3 Å². The number of benzene rings is 1. The molecule has 0 aliphatic rings. The maximum Gasteiger partial charge on any atom is 0.0337 e. The van der Waals surface area contributed by atoms with Gasteiger partial charge in [0, 0.05) is 19.2 Å². The van der Waals surface area contributed by atoms with E-state index in [0.717, 1.165) is 5.69 Å². The molecule has 1 aromatic carbocycles. The molecule has 1 nitrogen and oxygen atoms in total. The molecular weight excluding hydrogens is 134 g/mol. The van der Waals surface area contributed by atoms with Crippen molar-refractivity contribution in [1.82, 2.24) is 0 Å². The maximum atomic E-state index is 5.17. The molecule has 0 bridgehead atoms. The summed E-state index contributed by atoms with van der Waals surface area (Å²) >= 11 is 0. The predicted octanol–water partition coefficient (Wildman–Crippen LogP) is 1.90. The molecule has 0 aromatic heterocycles. The van der Waals surface area contributed by atoms with E-state index in [2.05, 4.69) is 11.2 Å². The number of terminal acetylenes is 1. The van der Waals surface area contributed by atoms with Gasteiger partial charge in [0.2, 0.25) is 0 Å². The molecule has 0 aliphatic carbocycles. The SMILES string of the molecule is C#CCc1ccc(NC)cc1. The lowest BCUT2D eigenvalue weighted by Crippen LogP contribution is -1.87. The van der Waals surface area contributed by atoms with Crippen LogP contribution in [-0.4, -0.2) is 7.05 Å². The first-order chi connectivity index (χ1) is 5.36. The highest BCUT2D eigenvalue weighted by Gasteiger charge is 1.89. The summed E-state index contributed by atoms with van der Waals surface area (Å²) in [5.41, 5.74) is 2.30. The van der Waals surface area contributed by atoms with E-state index in [4.69, 9.17) is 6.42 Å². The largest absolute Gasteiger partial charge is 0.388 e. The fourth-order valence-electron chi connectivity index (χ4n) is 0.907. The second kappa shape index (κ2) is 3.68. The van der Waals surface area contributed by atoms with Gasteiger partial charge < -0.3 is 5.32 Å². The molecule has 0 unspecified atom stereocenters. The summed E-state index contributed by atoms with van der Waals surface area (Å²) in [6.45, 7) is 0. The topological polar surface area (TPSA) is 12.0 Å². The highest BCUT2D eigenvalue weighted by atomic mass is 14.8. The molecule has 1 N–H and O–H groups in total. The third-order valence-electron chi connectivity index (χ3n) is 1.55. The summed E-state index contributed by atoms with van der Waals surface area (Å²) in [4.78, 5) is 0. The van der Waals surface area contributed by atoms with E-state index in [-0.39, 0.29) is 0 Å². The average molecular weight is 145 g/mol. The fraction of sp³-hybridized carbons (Fsp3) is 0.200. The van der Waals surface area contributed by atoms with Crippen LogP contribution in [0.4, 0.5) is 5.69 Å². The summed E-state index contributed by atoms with van der Waals surface area (Å²) < 4.78 is 0. The zero-order valence-corrected chi connectivity index (χ0v) is 6.59. The predicted molar refractivity (Wildman–Crippen MR) is 48.5 cm³/mol. The summed E-state index contributed by atoms with van der Waals surface area (Å²) in [6, 6.07) is 8.11. The van der Waals surface area contributed by atoms with E-state index in [1.165, 1.54) is 5.56 Å². The van der Waals surface area contributed by atoms with Crippen LogP contribution in [0.25, 0.3) is 0 Å². The number of hydrogen-bond acceptors (Lipinski definition) is 1. The Morgan fingerprint density at radius 1 is 1.36 bits per heavy atom. The second-order valence-electron chi connectivity index (χ2n) is 2.33. The highest BCUT2D eigenvalue weighted by molar-refractivity contribution is 5.44. The minimum absolute atomic E-state index is 0.712. The van der Waals surface area contributed by atoms with E-state index in [1.807, 2.05) is 31.3 Å². The third-order valence-corrected chi connectivity index (χ3v) is 1.55. The molecule has 0 amide bonds. The molecule has 0 spiro atoms. The molecule has 0 heterocycles. The Morgan fingerprint density at radius 3 is 2.45 bits per heavy atom. The van der Waals surface area contributed by atoms with Gasteiger partial charge in [0.25, 0.3) is 0 Å². The molecule has 0 aliphatic heterocycles. The molecule has 0 saturated carbocycles. The van der Waals surface area contributed by atoms with Gasteiger partial charge in [-0.05, 0) is 17.7 Å². The zero-order valence-electron chi connectivity index (χ0n) is 6.59. The van der Waals surface area contributed by atoms with Gasteiger partial charge in [-0.3, -0.25) is 0 Å². The van der Waals surface area contributed by atoms with Crippen LogP contribution < -0.4 is 5.32 Å². The van der Waals surface area contributed by atoms with Crippen LogP contribution in [0.2, 0.25) is 0 Å². The number of nitrogens with one attached hydrogen (secondary N) is 1. The Labute approximate surface area is 67.4 Å². The lowest BCUT2D eigenvalue weighted by molar-refractivity contribution is 1.32. The summed E-state index contributed by atoms with van der Waals surface area (Å²) in [5.74, 6) is 2.60. The summed E-state index contributed by atoms with van der Waals surface area (Å²) in [6.07, 6.45) is 5.88. The first-order valence-corrected chi connectivity index (χ1v) is 3.57. The fourth-order valence-corrected chi connectivity index (χ4v) is 0.907. The molecule has 1 heteroatoms. The molecule has 56 valence electrons. The molecule has 1 aromatic rings. The van der Waals surface area contributed by atoms with Crippen molar-refractivity contribution < 1.29 is 0 Å². The van der Waals surface area contributed by atoms with Crippen molar-refractivity contribution in [3.63, 3.8) is 0 Å². The van der Waals surface area contributed by atoms with Crippen molar-refractivity contribution >= 4 is 5.69 Å². The standard InChI is InChI=1S/C10H11N/c1-3-4-9-5-7-10(11-2)8-6-9/h1,5-8,11H,4H2,2H3. The number of rotatable bonds is 2. The Balaban J connectivity index is 2.76. The molecule has 0 fully saturated rings. The van der Waals surface area contributed by atoms with Gasteiger partial charge in [0.1, 0.15) is 0 Å². The average Bonchev–Trinajstić information content (AvgIpc) is 2.07. The van der Waals surface area contributed by atoms with Crippen LogP contribution in [0.15, 0.2) is 24.3 Å². The van der Waals surface area contributed by atoms with E-state index in [9.17, 15) is 0 Å². The van der Waals surface area contributed by atoms with E-state index in [1.54, 1.807) is 0 Å². The molecule has 0 saturated heterocycles. The molecular formula is C10H11N. The first kappa shape index (κ1) is 7.68. The van der Waals surface area contributed by atoms with Gasteiger partial charge in [0.05, 0.1) is 0 Å².